The summed E-state index contributed by atoms with van der Waals surface area (Å²) in [6.07, 6.45) is 2.38. The van der Waals surface area contributed by atoms with Crippen LogP contribution in [0.4, 0.5) is 11.4 Å². The van der Waals surface area contributed by atoms with Crippen molar-refractivity contribution < 1.29 is 4.58 Å². The maximum Gasteiger partial charge on any atom is 0.209 e. The first-order chi connectivity index (χ1) is 11.5. The van der Waals surface area contributed by atoms with Crippen LogP contribution in [0.2, 0.25) is 0 Å². The largest absolute Gasteiger partial charge is 0.335 e. The molecule has 2 aromatic carbocycles. The number of rotatable bonds is 2. The Morgan fingerprint density at radius 3 is 2.54 bits per heavy atom. The maximum absolute atomic E-state index is 2.42. The van der Waals surface area contributed by atoms with E-state index in [9.17, 15) is 0 Å². The van der Waals surface area contributed by atoms with Gasteiger partial charge in [0.25, 0.3) is 0 Å². The lowest BCUT2D eigenvalue weighted by Gasteiger charge is -2.20. The summed E-state index contributed by atoms with van der Waals surface area (Å²) >= 11 is 1.88. The molecule has 2 aromatic rings. The SMILES string of the molecule is CCN1/C(=C/C2=[N+](C)c3ccccc3C2(C)C)Sc2ccccc21. The minimum absolute atomic E-state index is 0.0209. The van der Waals surface area contributed by atoms with Crippen molar-refractivity contribution in [2.45, 2.75) is 31.1 Å². The average Bonchev–Trinajstić information content (AvgIpc) is 3.04. The Morgan fingerprint density at radius 2 is 1.79 bits per heavy atom. The molecule has 0 aliphatic carbocycles. The zero-order valence-electron chi connectivity index (χ0n) is 14.7. The lowest BCUT2D eigenvalue weighted by molar-refractivity contribution is -0.401. The number of thioether (sulfide) groups is 1. The molecular formula is C21H23N2S+. The Kier molecular flexibility index (Phi) is 3.57. The van der Waals surface area contributed by atoms with Crippen molar-refractivity contribution in [3.63, 3.8) is 0 Å². The van der Waals surface area contributed by atoms with Crippen LogP contribution in [-0.2, 0) is 5.41 Å². The minimum atomic E-state index is 0.0209. The molecule has 3 heteroatoms. The summed E-state index contributed by atoms with van der Waals surface area (Å²) in [6, 6.07) is 17.4. The molecule has 122 valence electrons. The van der Waals surface area contributed by atoms with Crippen LogP contribution in [0.25, 0.3) is 0 Å². The van der Waals surface area contributed by atoms with E-state index in [0.717, 1.165) is 6.54 Å². The summed E-state index contributed by atoms with van der Waals surface area (Å²) < 4.78 is 2.35. The molecule has 0 spiro atoms. The number of nitrogens with zero attached hydrogens (tertiary/aromatic N) is 2. The highest BCUT2D eigenvalue weighted by Crippen LogP contribution is 2.47. The fraction of sp³-hybridized carbons (Fsp3) is 0.286. The van der Waals surface area contributed by atoms with Gasteiger partial charge in [-0.3, -0.25) is 0 Å². The van der Waals surface area contributed by atoms with Crippen LogP contribution >= 0.6 is 11.8 Å². The molecule has 4 rings (SSSR count). The number of hydrogen-bond donors (Lipinski definition) is 0. The van der Waals surface area contributed by atoms with E-state index in [4.69, 9.17) is 0 Å². The minimum Gasteiger partial charge on any atom is -0.335 e. The van der Waals surface area contributed by atoms with Crippen LogP contribution in [0.1, 0.15) is 26.3 Å². The van der Waals surface area contributed by atoms with E-state index in [1.54, 1.807) is 0 Å². The molecule has 0 amide bonds. The summed E-state index contributed by atoms with van der Waals surface area (Å²) in [5.41, 5.74) is 5.43. The number of benzene rings is 2. The third-order valence-corrected chi connectivity index (χ3v) is 6.27. The first-order valence-corrected chi connectivity index (χ1v) is 9.32. The van der Waals surface area contributed by atoms with Crippen molar-refractivity contribution in [1.29, 1.82) is 0 Å². The van der Waals surface area contributed by atoms with Crippen molar-refractivity contribution >= 4 is 28.8 Å². The zero-order chi connectivity index (χ0) is 16.9. The van der Waals surface area contributed by atoms with Crippen LogP contribution in [0.5, 0.6) is 0 Å². The van der Waals surface area contributed by atoms with E-state index in [0.29, 0.717) is 0 Å². The second-order valence-electron chi connectivity index (χ2n) is 6.88. The molecule has 2 aliphatic rings. The zero-order valence-corrected chi connectivity index (χ0v) is 15.5. The number of anilines is 1. The van der Waals surface area contributed by atoms with Gasteiger partial charge >= 0.3 is 0 Å². The smallest absolute Gasteiger partial charge is 0.209 e. The molecule has 0 atom stereocenters. The standard InChI is InChI=1S/C21H23N2S/c1-5-23-17-12-8-9-13-18(17)24-20(23)14-19-21(2,3)15-10-6-7-11-16(15)22(19)4/h6-14H,5H2,1-4H3/q+1. The first kappa shape index (κ1) is 15.5. The Balaban J connectivity index is 1.81. The molecular weight excluding hydrogens is 312 g/mol. The molecule has 0 unspecified atom stereocenters. The van der Waals surface area contributed by atoms with E-state index >= 15 is 0 Å². The van der Waals surface area contributed by atoms with Gasteiger partial charge in [0.15, 0.2) is 5.71 Å². The van der Waals surface area contributed by atoms with Gasteiger partial charge < -0.3 is 4.90 Å². The predicted molar refractivity (Wildman–Crippen MR) is 104 cm³/mol. The summed E-state index contributed by atoms with van der Waals surface area (Å²) in [6.45, 7) is 7.86. The first-order valence-electron chi connectivity index (χ1n) is 8.51. The van der Waals surface area contributed by atoms with Crippen LogP contribution in [0.3, 0.4) is 0 Å². The highest BCUT2D eigenvalue weighted by atomic mass is 32.2. The molecule has 24 heavy (non-hydrogen) atoms. The molecule has 0 N–H and O–H groups in total. The fourth-order valence-corrected chi connectivity index (χ4v) is 5.03. The Bertz CT molecular complexity index is 877. The lowest BCUT2D eigenvalue weighted by Crippen LogP contribution is -2.28. The molecule has 0 saturated carbocycles. The van der Waals surface area contributed by atoms with E-state index in [2.05, 4.69) is 91.9 Å². The highest BCUT2D eigenvalue weighted by Gasteiger charge is 2.43. The van der Waals surface area contributed by atoms with Gasteiger partial charge in [0.1, 0.15) is 7.05 Å². The van der Waals surface area contributed by atoms with Crippen molar-refractivity contribution in [2.75, 3.05) is 18.5 Å². The van der Waals surface area contributed by atoms with E-state index in [-0.39, 0.29) is 5.41 Å². The van der Waals surface area contributed by atoms with Crippen molar-refractivity contribution in [2.24, 2.45) is 0 Å². The lowest BCUT2D eigenvalue weighted by atomic mass is 9.81. The Morgan fingerprint density at radius 1 is 1.08 bits per heavy atom. The monoisotopic (exact) mass is 335 g/mol. The second kappa shape index (κ2) is 5.52. The third-order valence-electron chi connectivity index (χ3n) is 5.15. The topological polar surface area (TPSA) is 6.25 Å². The summed E-state index contributed by atoms with van der Waals surface area (Å²) in [4.78, 5) is 3.77. The van der Waals surface area contributed by atoms with E-state index in [1.807, 2.05) is 11.8 Å². The van der Waals surface area contributed by atoms with E-state index in [1.165, 1.54) is 32.6 Å². The summed E-state index contributed by atoms with van der Waals surface area (Å²) in [5, 5.41) is 1.32. The fourth-order valence-electron chi connectivity index (χ4n) is 3.86. The number of para-hydroxylation sites is 2. The van der Waals surface area contributed by atoms with Gasteiger partial charge in [-0.05, 0) is 32.9 Å². The van der Waals surface area contributed by atoms with Crippen LogP contribution < -0.4 is 4.90 Å². The maximum atomic E-state index is 2.42. The highest BCUT2D eigenvalue weighted by molar-refractivity contribution is 8.03. The average molecular weight is 335 g/mol. The van der Waals surface area contributed by atoms with E-state index < -0.39 is 0 Å². The molecule has 2 nitrogen and oxygen atoms in total. The second-order valence-corrected chi connectivity index (χ2v) is 7.95. The van der Waals surface area contributed by atoms with Gasteiger partial charge in [0, 0.05) is 29.1 Å². The van der Waals surface area contributed by atoms with Gasteiger partial charge in [-0.25, -0.2) is 0 Å². The Hall–Kier alpha value is -2.00. The number of fused-ring (bicyclic) bond motifs is 2. The molecule has 0 aromatic heterocycles. The quantitative estimate of drug-likeness (QED) is 0.699. The van der Waals surface area contributed by atoms with Crippen molar-refractivity contribution in [3.05, 3.63) is 65.2 Å². The van der Waals surface area contributed by atoms with Gasteiger partial charge in [-0.2, -0.15) is 4.58 Å². The third kappa shape index (κ3) is 2.15. The number of hydrogen-bond acceptors (Lipinski definition) is 2. The van der Waals surface area contributed by atoms with Crippen molar-refractivity contribution in [3.8, 4) is 0 Å². The van der Waals surface area contributed by atoms with Crippen LogP contribution in [-0.4, -0.2) is 23.9 Å². The van der Waals surface area contributed by atoms with Crippen molar-refractivity contribution in [1.82, 2.24) is 0 Å². The normalized spacial score (nSPS) is 19.8. The van der Waals surface area contributed by atoms with Gasteiger partial charge in [-0.15, -0.1) is 0 Å². The van der Waals surface area contributed by atoms with Gasteiger partial charge in [0.2, 0.25) is 5.69 Å². The summed E-state index contributed by atoms with van der Waals surface area (Å²) in [7, 11) is 2.18. The molecule has 2 heterocycles. The summed E-state index contributed by atoms with van der Waals surface area (Å²) in [5.74, 6) is 0. The van der Waals surface area contributed by atoms with Crippen LogP contribution in [0.15, 0.2) is 64.5 Å². The number of allylic oxidation sites excluding steroid dienone is 1. The molecule has 0 fully saturated rings. The molecule has 0 bridgehead atoms. The van der Waals surface area contributed by atoms with Gasteiger partial charge in [-0.1, -0.05) is 42.1 Å². The van der Waals surface area contributed by atoms with Crippen LogP contribution in [0, 0.1) is 0 Å². The molecule has 0 radical (unpaired) electrons. The predicted octanol–water partition coefficient (Wildman–Crippen LogP) is 5.17. The molecule has 0 saturated heterocycles. The van der Waals surface area contributed by atoms with Gasteiger partial charge in [0.05, 0.1) is 16.1 Å². The molecule has 2 aliphatic heterocycles. The Labute approximate surface area is 148 Å².